The van der Waals surface area contributed by atoms with Gasteiger partial charge in [-0.25, -0.2) is 9.79 Å². The summed E-state index contributed by atoms with van der Waals surface area (Å²) in [5.74, 6) is -0.976. The van der Waals surface area contributed by atoms with E-state index in [1.165, 1.54) is 22.0 Å². The number of hydrogen-bond donors (Lipinski definition) is 2. The number of hydrogen-bond acceptors (Lipinski definition) is 5. The summed E-state index contributed by atoms with van der Waals surface area (Å²) in [5, 5.41) is 19.8. The number of aromatic carboxylic acids is 1. The molecule has 3 aromatic rings. The Hall–Kier alpha value is -3.45. The van der Waals surface area contributed by atoms with E-state index in [-0.39, 0.29) is 11.4 Å². The highest BCUT2D eigenvalue weighted by atomic mass is 32.1. The molecule has 0 spiro atoms. The normalized spacial score (nSPS) is 14.7. The van der Waals surface area contributed by atoms with E-state index in [1.54, 1.807) is 31.5 Å². The Balaban J connectivity index is 1.81. The molecule has 0 amide bonds. The molecule has 4 rings (SSSR count). The summed E-state index contributed by atoms with van der Waals surface area (Å²) in [7, 11) is 1.69. The van der Waals surface area contributed by atoms with Gasteiger partial charge < -0.3 is 10.2 Å². The average molecular weight is 377 g/mol. The zero-order valence-corrected chi connectivity index (χ0v) is 15.1. The van der Waals surface area contributed by atoms with Gasteiger partial charge in [-0.05, 0) is 24.3 Å². The molecule has 0 radical (unpaired) electrons. The quantitative estimate of drug-likeness (QED) is 0.724. The summed E-state index contributed by atoms with van der Waals surface area (Å²) < 4.78 is 1.54. The smallest absolute Gasteiger partial charge is 0.337 e. The third kappa shape index (κ3) is 3.09. The second-order valence-corrected chi connectivity index (χ2v) is 6.95. The Morgan fingerprint density at radius 2 is 1.93 bits per heavy atom. The number of thiazole rings is 1. The monoisotopic (exact) mass is 377 g/mol. The molecule has 0 bridgehead atoms. The number of carboxylic acid groups (broad SMARTS) is 1. The largest absolute Gasteiger partial charge is 0.493 e. The minimum Gasteiger partial charge on any atom is -0.493 e. The van der Waals surface area contributed by atoms with E-state index in [4.69, 9.17) is 0 Å². The molecule has 0 saturated carbocycles. The predicted molar refractivity (Wildman–Crippen MR) is 106 cm³/mol. The zero-order valence-electron chi connectivity index (χ0n) is 14.3. The van der Waals surface area contributed by atoms with Crippen LogP contribution in [0.25, 0.3) is 11.6 Å². The Kier molecular flexibility index (Phi) is 4.21. The van der Waals surface area contributed by atoms with Crippen LogP contribution < -0.4 is 4.80 Å². The Bertz CT molecular complexity index is 1190. The van der Waals surface area contributed by atoms with Crippen LogP contribution in [0.1, 0.15) is 20.8 Å². The number of aliphatic imine (C=N–C) groups is 1. The Labute approximate surface area is 158 Å². The van der Waals surface area contributed by atoms with Crippen molar-refractivity contribution in [1.82, 2.24) is 4.57 Å². The summed E-state index contributed by atoms with van der Waals surface area (Å²) in [6.07, 6.45) is 3.62. The van der Waals surface area contributed by atoms with Crippen LogP contribution in [0.15, 0.2) is 58.5 Å². The maximum atomic E-state index is 11.4. The second-order valence-electron chi connectivity index (χ2n) is 5.94. The number of rotatable bonds is 3. The van der Waals surface area contributed by atoms with Crippen molar-refractivity contribution in [3.8, 4) is 5.88 Å². The second kappa shape index (κ2) is 6.69. The first-order valence-electron chi connectivity index (χ1n) is 8.15. The van der Waals surface area contributed by atoms with E-state index in [0.29, 0.717) is 15.4 Å². The molecule has 0 unspecified atom stereocenters. The molecule has 27 heavy (non-hydrogen) atoms. The van der Waals surface area contributed by atoms with Crippen LogP contribution in [0.3, 0.4) is 0 Å². The van der Waals surface area contributed by atoms with E-state index in [1.807, 2.05) is 30.3 Å². The van der Waals surface area contributed by atoms with Gasteiger partial charge in [0.2, 0.25) is 5.88 Å². The Morgan fingerprint density at radius 1 is 1.19 bits per heavy atom. The van der Waals surface area contributed by atoms with Gasteiger partial charge in [-0.1, -0.05) is 41.7 Å². The van der Waals surface area contributed by atoms with Crippen molar-refractivity contribution in [2.45, 2.75) is 0 Å². The number of aromatic hydroxyl groups is 1. The summed E-state index contributed by atoms with van der Waals surface area (Å²) >= 11 is 1.28. The van der Waals surface area contributed by atoms with E-state index >= 15 is 0 Å². The minimum atomic E-state index is -1.04. The van der Waals surface area contributed by atoms with Crippen molar-refractivity contribution >= 4 is 46.5 Å². The van der Waals surface area contributed by atoms with Gasteiger partial charge in [-0.2, -0.15) is 0 Å². The van der Waals surface area contributed by atoms with Crippen LogP contribution in [-0.4, -0.2) is 27.0 Å². The van der Waals surface area contributed by atoms with E-state index in [9.17, 15) is 15.0 Å². The third-order valence-electron chi connectivity index (χ3n) is 4.22. The molecule has 134 valence electrons. The highest BCUT2D eigenvalue weighted by Crippen LogP contribution is 2.34. The van der Waals surface area contributed by atoms with Gasteiger partial charge in [0.05, 0.1) is 21.8 Å². The lowest BCUT2D eigenvalue weighted by Gasteiger charge is -1.99. The zero-order chi connectivity index (χ0) is 19.0. The number of carbonyl (C=O) groups is 1. The fourth-order valence-electron chi connectivity index (χ4n) is 2.81. The van der Waals surface area contributed by atoms with Gasteiger partial charge in [-0.3, -0.25) is 9.56 Å². The van der Waals surface area contributed by atoms with Crippen molar-refractivity contribution in [3.63, 3.8) is 0 Å². The molecule has 0 fully saturated rings. The van der Waals surface area contributed by atoms with Gasteiger partial charge in [0.15, 0.2) is 4.80 Å². The molecule has 0 aliphatic carbocycles. The number of para-hydroxylation sites is 2. The molecule has 2 N–H and O–H groups in total. The standard InChI is InChI=1S/C20H15N3O3S/c1-23-18(24)17(10-12-11-21-15-8-4-2-6-13(12)15)27-20(23)22-16-9-5-3-7-14(16)19(25)26/h2-11,24H,1H3,(H,25,26)/b12-10+,22-20?. The fourth-order valence-corrected chi connectivity index (χ4v) is 3.79. The Morgan fingerprint density at radius 3 is 2.74 bits per heavy atom. The van der Waals surface area contributed by atoms with Crippen LogP contribution in [0, 0.1) is 0 Å². The lowest BCUT2D eigenvalue weighted by molar-refractivity contribution is 0.0698. The van der Waals surface area contributed by atoms with Crippen molar-refractivity contribution in [3.05, 3.63) is 69.3 Å². The van der Waals surface area contributed by atoms with Crippen LogP contribution in [0.2, 0.25) is 0 Å². The predicted octanol–water partition coefficient (Wildman–Crippen LogP) is 3.98. The van der Waals surface area contributed by atoms with Crippen LogP contribution >= 0.6 is 11.3 Å². The summed E-state index contributed by atoms with van der Waals surface area (Å²) in [6, 6.07) is 14.3. The van der Waals surface area contributed by atoms with E-state index in [2.05, 4.69) is 9.98 Å². The number of carboxylic acids is 1. The molecule has 0 saturated heterocycles. The summed E-state index contributed by atoms with van der Waals surface area (Å²) in [6.45, 7) is 0. The van der Waals surface area contributed by atoms with Crippen molar-refractivity contribution < 1.29 is 15.0 Å². The van der Waals surface area contributed by atoms with Crippen molar-refractivity contribution in [2.75, 3.05) is 0 Å². The topological polar surface area (TPSA) is 87.2 Å². The van der Waals surface area contributed by atoms with Crippen LogP contribution in [0.4, 0.5) is 11.4 Å². The molecule has 2 aromatic carbocycles. The third-order valence-corrected chi connectivity index (χ3v) is 5.29. The van der Waals surface area contributed by atoms with Crippen molar-refractivity contribution in [1.29, 1.82) is 0 Å². The van der Waals surface area contributed by atoms with Crippen molar-refractivity contribution in [2.24, 2.45) is 17.0 Å². The number of aromatic nitrogens is 1. The highest BCUT2D eigenvalue weighted by molar-refractivity contribution is 7.10. The number of allylic oxidation sites excluding steroid dienone is 1. The molecule has 6 nitrogen and oxygen atoms in total. The van der Waals surface area contributed by atoms with Gasteiger partial charge >= 0.3 is 5.97 Å². The fraction of sp³-hybridized carbons (Fsp3) is 0.0500. The molecule has 1 aliphatic heterocycles. The SMILES string of the molecule is Cn1c(O)c(/C=C2\C=Nc3ccccc32)sc1=Nc1ccccc1C(=O)O. The molecule has 7 heteroatoms. The van der Waals surface area contributed by atoms with Crippen LogP contribution in [0.5, 0.6) is 5.88 Å². The number of fused-ring (bicyclic) bond motifs is 1. The maximum absolute atomic E-state index is 11.4. The molecule has 0 atom stereocenters. The van der Waals surface area contributed by atoms with Gasteiger partial charge in [0.1, 0.15) is 0 Å². The molecular formula is C20H15N3O3S. The molecular weight excluding hydrogens is 362 g/mol. The van der Waals surface area contributed by atoms with Gasteiger partial charge in [0, 0.05) is 24.4 Å². The molecule has 2 heterocycles. The van der Waals surface area contributed by atoms with Crippen LogP contribution in [-0.2, 0) is 7.05 Å². The summed E-state index contributed by atoms with van der Waals surface area (Å²) in [4.78, 5) is 21.3. The number of benzene rings is 2. The lowest BCUT2D eigenvalue weighted by atomic mass is 10.1. The highest BCUT2D eigenvalue weighted by Gasteiger charge is 2.15. The first-order valence-corrected chi connectivity index (χ1v) is 8.97. The average Bonchev–Trinajstić information content (AvgIpc) is 3.19. The first kappa shape index (κ1) is 17.0. The molecule has 1 aromatic heterocycles. The minimum absolute atomic E-state index is 0.0665. The van der Waals surface area contributed by atoms with E-state index in [0.717, 1.165) is 16.8 Å². The molecule has 1 aliphatic rings. The summed E-state index contributed by atoms with van der Waals surface area (Å²) in [5.41, 5.74) is 3.25. The number of nitrogens with zero attached hydrogens (tertiary/aromatic N) is 3. The van der Waals surface area contributed by atoms with E-state index < -0.39 is 5.97 Å². The van der Waals surface area contributed by atoms with Gasteiger partial charge in [0.25, 0.3) is 0 Å². The lowest BCUT2D eigenvalue weighted by Crippen LogP contribution is -2.09. The maximum Gasteiger partial charge on any atom is 0.337 e. The van der Waals surface area contributed by atoms with Gasteiger partial charge in [-0.15, -0.1) is 0 Å². The first-order chi connectivity index (χ1) is 13.0.